The average Bonchev–Trinajstić information content (AvgIpc) is 2.34. The van der Waals surface area contributed by atoms with Gasteiger partial charge in [-0.2, -0.15) is 12.6 Å². The quantitative estimate of drug-likeness (QED) is 0.755. The Bertz CT molecular complexity index is 382. The van der Waals surface area contributed by atoms with Crippen LogP contribution in [-0.4, -0.2) is 18.7 Å². The lowest BCUT2D eigenvalue weighted by atomic mass is 10.1. The fraction of sp³-hybridized carbons (Fsp3) is 0.538. The van der Waals surface area contributed by atoms with Crippen molar-refractivity contribution in [2.75, 3.05) is 12.4 Å². The molecule has 0 saturated carbocycles. The third-order valence-corrected chi connectivity index (χ3v) is 3.02. The molecular weight excluding hydrogens is 277 g/mol. The predicted molar refractivity (Wildman–Crippen MR) is 70.9 cm³/mol. The standard InChI is InChI=1S/C13H17F3O2S/c1-2-5-10(9-19)8-17-11-6-3-4-7-12(11)18-13(14,15)16/h3-4,6-7,10,19H,2,5,8-9H2,1H3. The molecule has 0 fully saturated rings. The van der Waals surface area contributed by atoms with Crippen molar-refractivity contribution < 1.29 is 22.6 Å². The van der Waals surface area contributed by atoms with Crippen LogP contribution >= 0.6 is 12.6 Å². The minimum absolute atomic E-state index is 0.0997. The van der Waals surface area contributed by atoms with E-state index in [-0.39, 0.29) is 17.4 Å². The molecule has 0 aromatic heterocycles. The first-order valence-electron chi connectivity index (χ1n) is 6.04. The van der Waals surface area contributed by atoms with Gasteiger partial charge >= 0.3 is 6.36 Å². The second-order valence-corrected chi connectivity index (χ2v) is 4.51. The van der Waals surface area contributed by atoms with Crippen molar-refractivity contribution >= 4 is 12.6 Å². The molecular formula is C13H17F3O2S. The summed E-state index contributed by atoms with van der Waals surface area (Å²) in [6.45, 7) is 2.37. The molecule has 1 unspecified atom stereocenters. The van der Waals surface area contributed by atoms with Crippen LogP contribution in [-0.2, 0) is 0 Å². The third-order valence-electron chi connectivity index (χ3n) is 2.50. The van der Waals surface area contributed by atoms with Gasteiger partial charge < -0.3 is 9.47 Å². The highest BCUT2D eigenvalue weighted by atomic mass is 32.1. The molecule has 0 radical (unpaired) electrons. The van der Waals surface area contributed by atoms with Crippen LogP contribution in [0.1, 0.15) is 19.8 Å². The van der Waals surface area contributed by atoms with E-state index in [9.17, 15) is 13.2 Å². The van der Waals surface area contributed by atoms with E-state index in [0.717, 1.165) is 12.8 Å². The van der Waals surface area contributed by atoms with Crippen molar-refractivity contribution in [1.82, 2.24) is 0 Å². The Morgan fingerprint density at radius 1 is 1.21 bits per heavy atom. The largest absolute Gasteiger partial charge is 0.573 e. The molecule has 6 heteroatoms. The Morgan fingerprint density at radius 3 is 2.37 bits per heavy atom. The molecule has 1 aromatic rings. The maximum absolute atomic E-state index is 12.2. The zero-order valence-electron chi connectivity index (χ0n) is 10.6. The summed E-state index contributed by atoms with van der Waals surface area (Å²) in [6, 6.07) is 5.77. The summed E-state index contributed by atoms with van der Waals surface area (Å²) in [6.07, 6.45) is -2.81. The lowest BCUT2D eigenvalue weighted by Gasteiger charge is -2.17. The fourth-order valence-electron chi connectivity index (χ4n) is 1.62. The Labute approximate surface area is 116 Å². The number of hydrogen-bond acceptors (Lipinski definition) is 3. The Kier molecular flexibility index (Phi) is 6.34. The summed E-state index contributed by atoms with van der Waals surface area (Å²) in [4.78, 5) is 0. The summed E-state index contributed by atoms with van der Waals surface area (Å²) in [5.41, 5.74) is 0. The fourth-order valence-corrected chi connectivity index (χ4v) is 1.91. The van der Waals surface area contributed by atoms with Crippen LogP contribution in [0.25, 0.3) is 0 Å². The number of para-hydroxylation sites is 2. The van der Waals surface area contributed by atoms with Gasteiger partial charge in [0.25, 0.3) is 0 Å². The van der Waals surface area contributed by atoms with Crippen LogP contribution in [0.3, 0.4) is 0 Å². The highest BCUT2D eigenvalue weighted by molar-refractivity contribution is 7.80. The number of alkyl halides is 3. The monoisotopic (exact) mass is 294 g/mol. The summed E-state index contributed by atoms with van der Waals surface area (Å²) in [5.74, 6) is 0.634. The molecule has 0 amide bonds. The van der Waals surface area contributed by atoms with Gasteiger partial charge in [0.1, 0.15) is 0 Å². The van der Waals surface area contributed by atoms with Gasteiger partial charge in [0.2, 0.25) is 0 Å². The Morgan fingerprint density at radius 2 is 1.84 bits per heavy atom. The molecule has 0 spiro atoms. The van der Waals surface area contributed by atoms with E-state index in [1.165, 1.54) is 18.2 Å². The Hall–Kier alpha value is -1.04. The van der Waals surface area contributed by atoms with Crippen LogP contribution in [0, 0.1) is 5.92 Å². The van der Waals surface area contributed by atoms with E-state index in [2.05, 4.69) is 17.4 Å². The van der Waals surface area contributed by atoms with Crippen molar-refractivity contribution in [3.8, 4) is 11.5 Å². The summed E-state index contributed by atoms with van der Waals surface area (Å²) < 4.78 is 46.0. The number of halogens is 3. The average molecular weight is 294 g/mol. The maximum Gasteiger partial charge on any atom is 0.573 e. The zero-order chi connectivity index (χ0) is 14.3. The van der Waals surface area contributed by atoms with E-state index < -0.39 is 6.36 Å². The normalized spacial score (nSPS) is 13.1. The highest BCUT2D eigenvalue weighted by Gasteiger charge is 2.32. The van der Waals surface area contributed by atoms with Gasteiger partial charge in [0.15, 0.2) is 11.5 Å². The summed E-state index contributed by atoms with van der Waals surface area (Å²) in [7, 11) is 0. The van der Waals surface area contributed by atoms with Gasteiger partial charge in [0.05, 0.1) is 6.61 Å². The third kappa shape index (κ3) is 6.09. The van der Waals surface area contributed by atoms with E-state index >= 15 is 0 Å². The number of ether oxygens (including phenoxy) is 2. The van der Waals surface area contributed by atoms with Gasteiger partial charge in [-0.05, 0) is 24.3 Å². The van der Waals surface area contributed by atoms with Crippen molar-refractivity contribution in [3.63, 3.8) is 0 Å². The molecule has 0 aliphatic heterocycles. The molecule has 0 saturated heterocycles. The second-order valence-electron chi connectivity index (χ2n) is 4.14. The molecule has 1 rings (SSSR count). The van der Waals surface area contributed by atoms with Crippen LogP contribution in [0.15, 0.2) is 24.3 Å². The molecule has 0 aliphatic carbocycles. The van der Waals surface area contributed by atoms with E-state index in [1.54, 1.807) is 6.07 Å². The molecule has 0 aliphatic rings. The topological polar surface area (TPSA) is 18.5 Å². The van der Waals surface area contributed by atoms with E-state index in [0.29, 0.717) is 12.4 Å². The molecule has 0 N–H and O–H groups in total. The zero-order valence-corrected chi connectivity index (χ0v) is 11.5. The lowest BCUT2D eigenvalue weighted by molar-refractivity contribution is -0.275. The Balaban J connectivity index is 2.67. The van der Waals surface area contributed by atoms with Gasteiger partial charge in [-0.25, -0.2) is 0 Å². The number of thiol groups is 1. The minimum Gasteiger partial charge on any atom is -0.489 e. The van der Waals surface area contributed by atoms with Gasteiger partial charge in [-0.15, -0.1) is 13.2 Å². The highest BCUT2D eigenvalue weighted by Crippen LogP contribution is 2.32. The van der Waals surface area contributed by atoms with Gasteiger partial charge in [0, 0.05) is 5.92 Å². The van der Waals surface area contributed by atoms with Gasteiger partial charge in [-0.1, -0.05) is 25.5 Å². The summed E-state index contributed by atoms with van der Waals surface area (Å²) >= 11 is 4.20. The van der Waals surface area contributed by atoms with Crippen LogP contribution in [0.5, 0.6) is 11.5 Å². The molecule has 1 atom stereocenters. The van der Waals surface area contributed by atoms with Crippen molar-refractivity contribution in [2.24, 2.45) is 5.92 Å². The minimum atomic E-state index is -4.72. The maximum atomic E-state index is 12.2. The smallest absolute Gasteiger partial charge is 0.489 e. The van der Waals surface area contributed by atoms with Gasteiger partial charge in [-0.3, -0.25) is 0 Å². The molecule has 108 valence electrons. The molecule has 19 heavy (non-hydrogen) atoms. The first kappa shape index (κ1) is 16.0. The van der Waals surface area contributed by atoms with Crippen LogP contribution in [0.4, 0.5) is 13.2 Å². The first-order chi connectivity index (χ1) is 8.96. The van der Waals surface area contributed by atoms with E-state index in [1.807, 2.05) is 6.92 Å². The predicted octanol–water partition coefficient (Wildman–Crippen LogP) is 4.31. The number of benzene rings is 1. The number of rotatable bonds is 7. The molecule has 0 heterocycles. The van der Waals surface area contributed by atoms with Crippen molar-refractivity contribution in [3.05, 3.63) is 24.3 Å². The molecule has 2 nitrogen and oxygen atoms in total. The second kappa shape index (κ2) is 7.53. The molecule has 1 aromatic carbocycles. The SMILES string of the molecule is CCCC(CS)COc1ccccc1OC(F)(F)F. The van der Waals surface area contributed by atoms with E-state index in [4.69, 9.17) is 4.74 Å². The van der Waals surface area contributed by atoms with Crippen LogP contribution in [0.2, 0.25) is 0 Å². The van der Waals surface area contributed by atoms with Crippen molar-refractivity contribution in [1.29, 1.82) is 0 Å². The van der Waals surface area contributed by atoms with Crippen molar-refractivity contribution in [2.45, 2.75) is 26.1 Å². The molecule has 0 bridgehead atoms. The lowest BCUT2D eigenvalue weighted by Crippen LogP contribution is -2.19. The first-order valence-corrected chi connectivity index (χ1v) is 6.68. The summed E-state index contributed by atoms with van der Waals surface area (Å²) in [5, 5.41) is 0. The van der Waals surface area contributed by atoms with Crippen LogP contribution < -0.4 is 9.47 Å². The number of hydrogen-bond donors (Lipinski definition) is 1.